The number of rotatable bonds is 27. The minimum Gasteiger partial charge on any atom is -0.374 e. The van der Waals surface area contributed by atoms with Crippen molar-refractivity contribution in [1.29, 1.82) is 0 Å². The number of carbonyl (C=O) groups is 8. The zero-order valence-corrected chi connectivity index (χ0v) is 44.6. The molecule has 4 amide bonds. The zero-order valence-electron chi connectivity index (χ0n) is 44.6. The monoisotopic (exact) mass is 1130 g/mol. The van der Waals surface area contributed by atoms with Crippen molar-refractivity contribution < 1.29 is 83.0 Å². The molecule has 0 aliphatic carbocycles. The van der Waals surface area contributed by atoms with Gasteiger partial charge in [-0.25, -0.2) is 35.1 Å². The molecule has 432 valence electrons. The number of ether oxygens (including phenoxy) is 2. The first-order chi connectivity index (χ1) is 38.0. The van der Waals surface area contributed by atoms with Crippen LogP contribution in [-0.4, -0.2) is 66.6 Å². The van der Waals surface area contributed by atoms with E-state index in [0.717, 1.165) is 60.5 Å². The van der Waals surface area contributed by atoms with Crippen LogP contribution in [0, 0.1) is 52.5 Å². The van der Waals surface area contributed by atoms with E-state index in [1.807, 2.05) is 44.2 Å². The van der Waals surface area contributed by atoms with Crippen LogP contribution in [0.5, 0.6) is 0 Å². The van der Waals surface area contributed by atoms with Crippen LogP contribution < -0.4 is 21.3 Å². The smallest absolute Gasteiger partial charge is 0.227 e. The number of carbonyl (C=O) groups excluding carboxylic acids is 8. The number of benzene rings is 5. The van der Waals surface area contributed by atoms with Crippen molar-refractivity contribution in [3.8, 4) is 0 Å². The van der Waals surface area contributed by atoms with E-state index in [2.05, 4.69) is 21.3 Å². The molecule has 0 aliphatic heterocycles. The summed E-state index contributed by atoms with van der Waals surface area (Å²) >= 11 is 0. The van der Waals surface area contributed by atoms with Crippen molar-refractivity contribution in [3.05, 3.63) is 177 Å². The van der Waals surface area contributed by atoms with Gasteiger partial charge in [-0.05, 0) is 42.2 Å². The molecule has 4 N–H and O–H groups in total. The summed E-state index contributed by atoms with van der Waals surface area (Å²) in [6.07, 6.45) is 0.348. The highest BCUT2D eigenvalue weighted by Gasteiger charge is 2.15. The molecule has 5 aromatic rings. The molecule has 0 saturated heterocycles. The third-order valence-electron chi connectivity index (χ3n) is 10.7. The van der Waals surface area contributed by atoms with Crippen LogP contribution in [0.3, 0.4) is 0 Å². The number of Topliss-reactive ketones (excluding diaryl/α,β-unsaturated/α-hetero) is 4. The number of amides is 4. The van der Waals surface area contributed by atoms with Gasteiger partial charge in [-0.1, -0.05) is 82.3 Å². The maximum Gasteiger partial charge on any atom is 0.227 e. The van der Waals surface area contributed by atoms with Crippen LogP contribution in [0.4, 0.5) is 35.1 Å². The second kappa shape index (κ2) is 37.8. The van der Waals surface area contributed by atoms with Crippen LogP contribution in [0.1, 0.15) is 100 Å². The lowest BCUT2D eigenvalue weighted by atomic mass is 10.1. The Kier molecular flexibility index (Phi) is 32.2. The largest absolute Gasteiger partial charge is 0.374 e. The summed E-state index contributed by atoms with van der Waals surface area (Å²) in [4.78, 5) is 90.8. The molecule has 5 aromatic carbocycles. The van der Waals surface area contributed by atoms with Crippen molar-refractivity contribution in [1.82, 2.24) is 21.3 Å². The van der Waals surface area contributed by atoms with Crippen molar-refractivity contribution in [3.63, 3.8) is 0 Å². The maximum absolute atomic E-state index is 13.4. The van der Waals surface area contributed by atoms with E-state index < -0.39 is 70.2 Å². The highest BCUT2D eigenvalue weighted by atomic mass is 19.2. The van der Waals surface area contributed by atoms with Gasteiger partial charge < -0.3 is 30.7 Å². The lowest BCUT2D eigenvalue weighted by Crippen LogP contribution is -2.27. The molecule has 5 rings (SSSR count). The van der Waals surface area contributed by atoms with Crippen LogP contribution in [0.15, 0.2) is 103 Å². The van der Waals surface area contributed by atoms with E-state index in [0.29, 0.717) is 25.4 Å². The summed E-state index contributed by atoms with van der Waals surface area (Å²) in [7, 11) is 0. The molecule has 0 aromatic heterocycles. The lowest BCUT2D eigenvalue weighted by Gasteiger charge is -2.07. The summed E-state index contributed by atoms with van der Waals surface area (Å²) < 4.78 is 114. The Balaban J connectivity index is 0.000000369. The summed E-state index contributed by atoms with van der Waals surface area (Å²) in [6, 6.07) is 21.8. The Morgan fingerprint density at radius 1 is 0.412 bits per heavy atom. The topological polar surface area (TPSA) is 203 Å². The first kappa shape index (κ1) is 68.1. The van der Waals surface area contributed by atoms with E-state index >= 15 is 0 Å². The first-order valence-electron chi connectivity index (χ1n) is 25.1. The second-order valence-electron chi connectivity index (χ2n) is 17.8. The minimum atomic E-state index is -0.743. The van der Waals surface area contributed by atoms with E-state index in [1.54, 1.807) is 13.8 Å². The second-order valence-corrected chi connectivity index (χ2v) is 17.8. The molecule has 0 radical (unpaired) electrons. The fourth-order valence-corrected chi connectivity index (χ4v) is 6.12. The third-order valence-corrected chi connectivity index (χ3v) is 10.7. The molecule has 0 fully saturated rings. The van der Waals surface area contributed by atoms with Crippen LogP contribution in [-0.2, 0) is 80.6 Å². The van der Waals surface area contributed by atoms with Gasteiger partial charge in [0, 0.05) is 92.1 Å². The molecule has 0 bridgehead atoms. The summed E-state index contributed by atoms with van der Waals surface area (Å²) in [5, 5.41) is 9.65. The Morgan fingerprint density at radius 3 is 1.00 bits per heavy atom. The van der Waals surface area contributed by atoms with Crippen molar-refractivity contribution in [2.75, 3.05) is 19.8 Å². The molecule has 14 nitrogen and oxygen atoms in total. The molecular formula is C58H64F8N4O10. The van der Waals surface area contributed by atoms with Crippen molar-refractivity contribution in [2.45, 2.75) is 105 Å². The molecule has 0 heterocycles. The standard InChI is InChI=1S/C18H17F2NO3.C16H21F2NO3.2C12H13F2NO2/c19-15-7-6-14(17(20)8-15)10-21-18(23)9-16(22)12-24-11-13-4-2-1-3-5-13;1-11(2)5-6-22-10-14(20)8-16(21)19-9-12-3-4-13(17)7-15(12)18;2*1-2-10(16)6-12(17)15-7-8-3-4-9(13)5-11(8)14/h1-8H,9-12H2,(H,21,23);3-4,7,11H,5-6,8-10H2,1-2H3,(H,19,21);2*3-5H,2,6-7H2,1H3,(H,15,17). The number of ketones is 4. The number of hydrogen-bond acceptors (Lipinski definition) is 10. The van der Waals surface area contributed by atoms with Crippen LogP contribution >= 0.6 is 0 Å². The van der Waals surface area contributed by atoms with Gasteiger partial charge in [-0.15, -0.1) is 0 Å². The third kappa shape index (κ3) is 30.2. The lowest BCUT2D eigenvalue weighted by molar-refractivity contribution is -0.132. The van der Waals surface area contributed by atoms with Crippen molar-refractivity contribution in [2.24, 2.45) is 5.92 Å². The number of halogens is 8. The highest BCUT2D eigenvalue weighted by molar-refractivity contribution is 5.99. The maximum atomic E-state index is 13.4. The quantitative estimate of drug-likeness (QED) is 0.0223. The fourth-order valence-electron chi connectivity index (χ4n) is 6.12. The SMILES string of the molecule is CC(C)CCOCC(=O)CC(=O)NCc1ccc(F)cc1F.CCC(=O)CC(=O)NCc1ccc(F)cc1F.CCC(=O)CC(=O)NCc1ccc(F)cc1F.O=C(COCc1ccccc1)CC(=O)NCc1ccc(F)cc1F. The van der Waals surface area contributed by atoms with Gasteiger partial charge in [-0.3, -0.25) is 38.4 Å². The van der Waals surface area contributed by atoms with Gasteiger partial charge >= 0.3 is 0 Å². The van der Waals surface area contributed by atoms with Crippen LogP contribution in [0.25, 0.3) is 0 Å². The molecular weight excluding hydrogens is 1060 g/mol. The van der Waals surface area contributed by atoms with Crippen molar-refractivity contribution >= 4 is 46.8 Å². The molecule has 22 heteroatoms. The number of hydrogen-bond donors (Lipinski definition) is 4. The molecule has 0 saturated carbocycles. The summed E-state index contributed by atoms with van der Waals surface area (Å²) in [5.74, 6) is -8.14. The molecule has 0 unspecified atom stereocenters. The van der Waals surface area contributed by atoms with Gasteiger partial charge in [-0.2, -0.15) is 0 Å². The Morgan fingerprint density at radius 2 is 0.713 bits per heavy atom. The van der Waals surface area contributed by atoms with Gasteiger partial charge in [0.1, 0.15) is 71.3 Å². The van der Waals surface area contributed by atoms with Gasteiger partial charge in [0.2, 0.25) is 23.6 Å². The van der Waals surface area contributed by atoms with Crippen LogP contribution in [0.2, 0.25) is 0 Å². The normalized spacial score (nSPS) is 10.4. The number of nitrogens with one attached hydrogen (secondary N) is 4. The predicted molar refractivity (Wildman–Crippen MR) is 278 cm³/mol. The highest BCUT2D eigenvalue weighted by Crippen LogP contribution is 2.13. The van der Waals surface area contributed by atoms with Gasteiger partial charge in [0.15, 0.2) is 11.6 Å². The summed E-state index contributed by atoms with van der Waals surface area (Å²) in [6.45, 7) is 7.60. The molecule has 0 aliphatic rings. The van der Waals surface area contributed by atoms with E-state index in [4.69, 9.17) is 9.47 Å². The summed E-state index contributed by atoms with van der Waals surface area (Å²) in [5.41, 5.74) is 1.61. The fraction of sp³-hybridized carbons (Fsp3) is 0.345. The average Bonchev–Trinajstić information content (AvgIpc) is 3.39. The first-order valence-corrected chi connectivity index (χ1v) is 25.1. The minimum absolute atomic E-state index is 0.0536. The molecule has 0 spiro atoms. The van der Waals surface area contributed by atoms with E-state index in [9.17, 15) is 73.5 Å². The Bertz CT molecular complexity index is 2760. The molecule has 0 atom stereocenters. The Labute approximate surface area is 458 Å². The van der Waals surface area contributed by atoms with Gasteiger partial charge in [0.05, 0.1) is 32.3 Å². The molecule has 80 heavy (non-hydrogen) atoms. The van der Waals surface area contributed by atoms with Gasteiger partial charge in [0.25, 0.3) is 0 Å². The Hall–Kier alpha value is -7.98. The average molecular weight is 1130 g/mol. The van der Waals surface area contributed by atoms with E-state index in [1.165, 1.54) is 24.3 Å². The predicted octanol–water partition coefficient (Wildman–Crippen LogP) is 9.26. The zero-order chi connectivity index (χ0) is 59.6. The van der Waals surface area contributed by atoms with E-state index in [-0.39, 0.29) is 117 Å².